The van der Waals surface area contributed by atoms with Crippen LogP contribution in [0.5, 0.6) is 0 Å². The third-order valence-corrected chi connectivity index (χ3v) is 3.65. The number of terminal acetylenes is 1. The standard InChI is InChI=1S/C19H26N2O/c1-4-7-17(18(13-20)14-21-5-2)12-19(22)11-16-9-6-8-15(3)10-16/h1,7,10,12-14,16,20-22H,5-6,8-9,11H2,2-3H3/b17-7+,18-14+,19-12+,20-13?. The molecule has 0 aromatic rings. The van der Waals surface area contributed by atoms with Gasteiger partial charge >= 0.3 is 0 Å². The van der Waals surface area contributed by atoms with Crippen LogP contribution in [0.2, 0.25) is 0 Å². The van der Waals surface area contributed by atoms with Crippen LogP contribution in [0.15, 0.2) is 46.9 Å². The van der Waals surface area contributed by atoms with E-state index in [-0.39, 0.29) is 0 Å². The largest absolute Gasteiger partial charge is 0.512 e. The van der Waals surface area contributed by atoms with Gasteiger partial charge in [0, 0.05) is 31.0 Å². The maximum absolute atomic E-state index is 10.3. The highest BCUT2D eigenvalue weighted by Crippen LogP contribution is 2.27. The number of aliphatic hydroxyl groups is 1. The van der Waals surface area contributed by atoms with Crippen LogP contribution in [-0.2, 0) is 0 Å². The van der Waals surface area contributed by atoms with E-state index in [0.717, 1.165) is 19.4 Å². The Morgan fingerprint density at radius 1 is 1.55 bits per heavy atom. The molecule has 0 spiro atoms. The minimum atomic E-state index is 0.307. The third kappa shape index (κ3) is 6.05. The number of aliphatic hydroxyl groups excluding tert-OH is 1. The molecule has 0 saturated heterocycles. The molecule has 1 atom stereocenters. The van der Waals surface area contributed by atoms with Crippen molar-refractivity contribution in [2.24, 2.45) is 5.92 Å². The van der Waals surface area contributed by atoms with Crippen molar-refractivity contribution in [2.75, 3.05) is 6.54 Å². The Morgan fingerprint density at radius 2 is 2.32 bits per heavy atom. The molecule has 0 fully saturated rings. The molecule has 118 valence electrons. The highest BCUT2D eigenvalue weighted by molar-refractivity contribution is 5.84. The lowest BCUT2D eigenvalue weighted by molar-refractivity contribution is 0.355. The Morgan fingerprint density at radius 3 is 2.91 bits per heavy atom. The molecule has 0 radical (unpaired) electrons. The number of hydrogen-bond acceptors (Lipinski definition) is 3. The number of allylic oxidation sites excluding steroid dienone is 7. The zero-order valence-electron chi connectivity index (χ0n) is 13.5. The predicted molar refractivity (Wildman–Crippen MR) is 93.9 cm³/mol. The second kappa shape index (κ2) is 9.68. The fraction of sp³-hybridized carbons (Fsp3) is 0.421. The molecule has 1 rings (SSSR count). The molecule has 3 heteroatoms. The van der Waals surface area contributed by atoms with Gasteiger partial charge in [0.1, 0.15) is 0 Å². The maximum Gasteiger partial charge on any atom is 0.0934 e. The van der Waals surface area contributed by atoms with E-state index in [2.05, 4.69) is 24.2 Å². The molecule has 1 unspecified atom stereocenters. The van der Waals surface area contributed by atoms with E-state index in [4.69, 9.17) is 11.8 Å². The van der Waals surface area contributed by atoms with Gasteiger partial charge < -0.3 is 15.8 Å². The van der Waals surface area contributed by atoms with E-state index < -0.39 is 0 Å². The van der Waals surface area contributed by atoms with Crippen LogP contribution in [0.4, 0.5) is 0 Å². The van der Waals surface area contributed by atoms with Gasteiger partial charge in [0.2, 0.25) is 0 Å². The van der Waals surface area contributed by atoms with Gasteiger partial charge in [0.05, 0.1) is 5.76 Å². The second-order valence-corrected chi connectivity index (χ2v) is 5.57. The number of hydrogen-bond donors (Lipinski definition) is 3. The molecule has 0 aromatic heterocycles. The SMILES string of the molecule is C#C/C=C(\C=C(\O)CC1C=C(C)CCC1)C(/C=N)=C/NCC. The van der Waals surface area contributed by atoms with E-state index in [1.54, 1.807) is 18.4 Å². The van der Waals surface area contributed by atoms with Crippen LogP contribution in [0.25, 0.3) is 0 Å². The summed E-state index contributed by atoms with van der Waals surface area (Å²) in [5, 5.41) is 20.8. The van der Waals surface area contributed by atoms with Crippen molar-refractivity contribution in [3.8, 4) is 12.3 Å². The van der Waals surface area contributed by atoms with Gasteiger partial charge in [-0.15, -0.1) is 6.42 Å². The molecule has 0 aromatic carbocycles. The van der Waals surface area contributed by atoms with Gasteiger partial charge in [-0.1, -0.05) is 17.6 Å². The molecule has 0 amide bonds. The summed E-state index contributed by atoms with van der Waals surface area (Å²) in [6, 6.07) is 0. The van der Waals surface area contributed by atoms with Crippen LogP contribution in [-0.4, -0.2) is 17.9 Å². The molecule has 0 heterocycles. The molecule has 1 aliphatic rings. The quantitative estimate of drug-likeness (QED) is 0.216. The maximum atomic E-state index is 10.3. The van der Waals surface area contributed by atoms with Gasteiger partial charge in [-0.3, -0.25) is 0 Å². The van der Waals surface area contributed by atoms with E-state index in [0.29, 0.717) is 29.2 Å². The summed E-state index contributed by atoms with van der Waals surface area (Å²) >= 11 is 0. The Balaban J connectivity index is 2.88. The smallest absolute Gasteiger partial charge is 0.0934 e. The van der Waals surface area contributed by atoms with E-state index in [9.17, 15) is 5.11 Å². The first-order chi connectivity index (χ1) is 10.6. The minimum Gasteiger partial charge on any atom is -0.512 e. The normalized spacial score (nSPS) is 20.1. The molecule has 0 bridgehead atoms. The average Bonchev–Trinajstić information content (AvgIpc) is 2.48. The fourth-order valence-electron chi connectivity index (χ4n) is 2.60. The van der Waals surface area contributed by atoms with Crippen LogP contribution in [0, 0.1) is 23.7 Å². The van der Waals surface area contributed by atoms with E-state index in [1.165, 1.54) is 18.2 Å². The summed E-state index contributed by atoms with van der Waals surface area (Å²) in [5.74, 6) is 3.17. The molecule has 3 N–H and O–H groups in total. The first-order valence-corrected chi connectivity index (χ1v) is 7.78. The van der Waals surface area contributed by atoms with Gasteiger partial charge in [0.25, 0.3) is 0 Å². The summed E-state index contributed by atoms with van der Waals surface area (Å²) in [7, 11) is 0. The first kappa shape index (κ1) is 17.8. The highest BCUT2D eigenvalue weighted by Gasteiger charge is 2.13. The van der Waals surface area contributed by atoms with Crippen LogP contribution >= 0.6 is 0 Å². The lowest BCUT2D eigenvalue weighted by Gasteiger charge is -2.19. The van der Waals surface area contributed by atoms with Gasteiger partial charge in [0.15, 0.2) is 0 Å². The zero-order chi connectivity index (χ0) is 16.4. The Labute approximate surface area is 134 Å². The zero-order valence-corrected chi connectivity index (χ0v) is 13.5. The average molecular weight is 298 g/mol. The van der Waals surface area contributed by atoms with Crippen LogP contribution in [0.1, 0.15) is 39.5 Å². The van der Waals surface area contributed by atoms with Gasteiger partial charge in [-0.05, 0) is 56.8 Å². The molecule has 3 nitrogen and oxygen atoms in total. The fourth-order valence-corrected chi connectivity index (χ4v) is 2.60. The summed E-state index contributed by atoms with van der Waals surface area (Å²) in [4.78, 5) is 0. The molecule has 22 heavy (non-hydrogen) atoms. The lowest BCUT2D eigenvalue weighted by atomic mass is 9.88. The molecule has 0 aliphatic heterocycles. The molecular weight excluding hydrogens is 272 g/mol. The number of nitrogens with one attached hydrogen (secondary N) is 2. The molecular formula is C19H26N2O. The first-order valence-electron chi connectivity index (χ1n) is 7.78. The number of rotatable bonds is 7. The molecule has 1 aliphatic carbocycles. The second-order valence-electron chi connectivity index (χ2n) is 5.57. The summed E-state index contributed by atoms with van der Waals surface area (Å²) < 4.78 is 0. The Kier molecular flexibility index (Phi) is 7.85. The van der Waals surface area contributed by atoms with Crippen molar-refractivity contribution in [3.63, 3.8) is 0 Å². The van der Waals surface area contributed by atoms with Crippen molar-refractivity contribution in [1.29, 1.82) is 5.41 Å². The monoisotopic (exact) mass is 298 g/mol. The van der Waals surface area contributed by atoms with Crippen molar-refractivity contribution in [3.05, 3.63) is 46.9 Å². The van der Waals surface area contributed by atoms with Crippen LogP contribution in [0.3, 0.4) is 0 Å². The highest BCUT2D eigenvalue weighted by atomic mass is 16.3. The van der Waals surface area contributed by atoms with Crippen molar-refractivity contribution < 1.29 is 5.11 Å². The van der Waals surface area contributed by atoms with Crippen molar-refractivity contribution in [2.45, 2.75) is 39.5 Å². The summed E-state index contributed by atoms with van der Waals surface area (Å²) in [5.41, 5.74) is 2.73. The van der Waals surface area contributed by atoms with Gasteiger partial charge in [-0.2, -0.15) is 0 Å². The summed E-state index contributed by atoms with van der Waals surface area (Å²) in [6.07, 6.45) is 17.9. The van der Waals surface area contributed by atoms with Gasteiger partial charge in [-0.25, -0.2) is 0 Å². The molecule has 0 saturated carbocycles. The Bertz CT molecular complexity index is 544. The van der Waals surface area contributed by atoms with Crippen molar-refractivity contribution >= 4 is 6.21 Å². The van der Waals surface area contributed by atoms with E-state index in [1.807, 2.05) is 6.92 Å². The van der Waals surface area contributed by atoms with Crippen LogP contribution < -0.4 is 5.32 Å². The van der Waals surface area contributed by atoms with Crippen molar-refractivity contribution in [1.82, 2.24) is 5.32 Å². The third-order valence-electron chi connectivity index (χ3n) is 3.65. The topological polar surface area (TPSA) is 56.1 Å². The minimum absolute atomic E-state index is 0.307. The lowest BCUT2D eigenvalue weighted by Crippen LogP contribution is -2.07. The predicted octanol–water partition coefficient (Wildman–Crippen LogP) is 4.27. The Hall–Kier alpha value is -2.21. The van der Waals surface area contributed by atoms with E-state index >= 15 is 0 Å². The summed E-state index contributed by atoms with van der Waals surface area (Å²) in [6.45, 7) is 4.89.